The summed E-state index contributed by atoms with van der Waals surface area (Å²) in [6.45, 7) is -0.733. The first kappa shape index (κ1) is 10.6. The molecule has 0 aromatic carbocycles. The number of hydrazine groups is 1. The Bertz CT molecular complexity index is 486. The Kier molecular flexibility index (Phi) is 2.82. The third-order valence-corrected chi connectivity index (χ3v) is 1.84. The number of hydrogen-bond donors (Lipinski definition) is 2. The number of alkyl halides is 2. The molecule has 8 heteroatoms. The van der Waals surface area contributed by atoms with Crippen molar-refractivity contribution in [2.24, 2.45) is 5.84 Å². The lowest BCUT2D eigenvalue weighted by molar-refractivity contribution is 0.0802. The molecule has 0 atom stereocenters. The Morgan fingerprint density at radius 3 is 3.06 bits per heavy atom. The van der Waals surface area contributed by atoms with E-state index in [1.807, 2.05) is 0 Å². The fraction of sp³-hybridized carbons (Fsp3) is 0.250. The predicted octanol–water partition coefficient (Wildman–Crippen LogP) is 0.659. The summed E-state index contributed by atoms with van der Waals surface area (Å²) in [5, 5.41) is 0. The fourth-order valence-electron chi connectivity index (χ4n) is 1.21. The van der Waals surface area contributed by atoms with E-state index < -0.39 is 13.0 Å². The quantitative estimate of drug-likeness (QED) is 0.594. The minimum absolute atomic E-state index is 0.0146. The molecule has 2 aromatic heterocycles. The number of aromatic nitrogens is 3. The van der Waals surface area contributed by atoms with Crippen LogP contribution in [0.3, 0.4) is 0 Å². The third-order valence-electron chi connectivity index (χ3n) is 1.84. The standard InChI is InChI=1S/C8H9F2N5O/c9-5(10)4-16-8-7-12-1-2-15(7)3-6(13-8)14-11/h1-3,5,14H,4,11H2. The largest absolute Gasteiger partial charge is 0.469 e. The van der Waals surface area contributed by atoms with Crippen molar-refractivity contribution in [3.8, 4) is 5.88 Å². The maximum Gasteiger partial charge on any atom is 0.272 e. The van der Waals surface area contributed by atoms with Crippen LogP contribution in [0.5, 0.6) is 5.88 Å². The maximum atomic E-state index is 12.0. The van der Waals surface area contributed by atoms with Gasteiger partial charge >= 0.3 is 0 Å². The number of anilines is 1. The number of nitrogen functional groups attached to an aromatic ring is 1. The average Bonchev–Trinajstić information content (AvgIpc) is 2.73. The number of nitrogens with one attached hydrogen (secondary N) is 1. The Balaban J connectivity index is 2.36. The number of fused-ring (bicyclic) bond motifs is 1. The lowest BCUT2D eigenvalue weighted by Crippen LogP contribution is -2.13. The normalized spacial score (nSPS) is 11.0. The van der Waals surface area contributed by atoms with Gasteiger partial charge in [0.2, 0.25) is 5.65 Å². The van der Waals surface area contributed by atoms with Crippen LogP contribution in [-0.4, -0.2) is 27.4 Å². The Labute approximate surface area is 89.0 Å². The third kappa shape index (κ3) is 2.01. The summed E-state index contributed by atoms with van der Waals surface area (Å²) in [4.78, 5) is 7.82. The van der Waals surface area contributed by atoms with Crippen LogP contribution in [-0.2, 0) is 0 Å². The van der Waals surface area contributed by atoms with Crippen LogP contribution in [0.2, 0.25) is 0 Å². The number of halogens is 2. The zero-order valence-electron chi connectivity index (χ0n) is 8.10. The number of ether oxygens (including phenoxy) is 1. The van der Waals surface area contributed by atoms with Crippen molar-refractivity contribution in [3.05, 3.63) is 18.6 Å². The number of nitrogens with two attached hydrogens (primary N) is 1. The fourth-order valence-corrected chi connectivity index (χ4v) is 1.21. The molecule has 0 aliphatic rings. The maximum absolute atomic E-state index is 12.0. The van der Waals surface area contributed by atoms with E-state index in [-0.39, 0.29) is 5.88 Å². The smallest absolute Gasteiger partial charge is 0.272 e. The second kappa shape index (κ2) is 4.27. The first-order chi connectivity index (χ1) is 7.70. The molecule has 86 valence electrons. The van der Waals surface area contributed by atoms with E-state index in [0.717, 1.165) is 0 Å². The molecule has 2 heterocycles. The van der Waals surface area contributed by atoms with Gasteiger partial charge in [-0.15, -0.1) is 0 Å². The molecule has 0 unspecified atom stereocenters. The molecule has 0 saturated carbocycles. The highest BCUT2D eigenvalue weighted by Crippen LogP contribution is 2.18. The van der Waals surface area contributed by atoms with Crippen molar-refractivity contribution >= 4 is 11.5 Å². The molecule has 0 fully saturated rings. The molecule has 0 spiro atoms. The van der Waals surface area contributed by atoms with Crippen LogP contribution in [0, 0.1) is 0 Å². The highest BCUT2D eigenvalue weighted by Gasteiger charge is 2.11. The number of rotatable bonds is 4. The molecule has 2 aromatic rings. The van der Waals surface area contributed by atoms with Crippen LogP contribution in [0.1, 0.15) is 0 Å². The summed E-state index contributed by atoms with van der Waals surface area (Å²) < 4.78 is 30.4. The van der Waals surface area contributed by atoms with Gasteiger partial charge < -0.3 is 10.2 Å². The monoisotopic (exact) mass is 229 g/mol. The van der Waals surface area contributed by atoms with Crippen LogP contribution in [0.15, 0.2) is 18.6 Å². The minimum Gasteiger partial charge on any atom is -0.469 e. The van der Waals surface area contributed by atoms with Crippen LogP contribution < -0.4 is 16.0 Å². The van der Waals surface area contributed by atoms with Gasteiger partial charge in [-0.05, 0) is 0 Å². The molecule has 3 N–H and O–H groups in total. The molecule has 2 rings (SSSR count). The van der Waals surface area contributed by atoms with Gasteiger partial charge in [0.1, 0.15) is 0 Å². The molecular weight excluding hydrogens is 220 g/mol. The van der Waals surface area contributed by atoms with Gasteiger partial charge in [0, 0.05) is 12.4 Å². The Morgan fingerprint density at radius 2 is 2.38 bits per heavy atom. The van der Waals surface area contributed by atoms with E-state index in [4.69, 9.17) is 10.6 Å². The number of imidazole rings is 1. The van der Waals surface area contributed by atoms with E-state index in [1.165, 1.54) is 6.20 Å². The molecule has 0 amide bonds. The minimum atomic E-state index is -2.56. The van der Waals surface area contributed by atoms with Gasteiger partial charge in [-0.1, -0.05) is 0 Å². The van der Waals surface area contributed by atoms with Gasteiger partial charge in [0.05, 0.1) is 6.20 Å². The molecule has 6 nitrogen and oxygen atoms in total. The summed E-state index contributed by atoms with van der Waals surface area (Å²) in [7, 11) is 0. The van der Waals surface area contributed by atoms with E-state index in [1.54, 1.807) is 16.8 Å². The van der Waals surface area contributed by atoms with Crippen molar-refractivity contribution in [1.82, 2.24) is 14.4 Å². The summed E-state index contributed by atoms with van der Waals surface area (Å²) in [6.07, 6.45) is 2.14. The van der Waals surface area contributed by atoms with E-state index in [9.17, 15) is 8.78 Å². The molecule has 0 radical (unpaired) electrons. The highest BCUT2D eigenvalue weighted by atomic mass is 19.3. The van der Waals surface area contributed by atoms with Crippen molar-refractivity contribution in [2.75, 3.05) is 12.0 Å². The topological polar surface area (TPSA) is 77.5 Å². The summed E-state index contributed by atoms with van der Waals surface area (Å²) >= 11 is 0. The molecule has 0 saturated heterocycles. The van der Waals surface area contributed by atoms with Crippen LogP contribution in [0.4, 0.5) is 14.6 Å². The highest BCUT2D eigenvalue weighted by molar-refractivity contribution is 5.53. The van der Waals surface area contributed by atoms with Crippen molar-refractivity contribution in [2.45, 2.75) is 6.43 Å². The second-order valence-electron chi connectivity index (χ2n) is 2.94. The molecule has 0 aliphatic heterocycles. The molecule has 0 aliphatic carbocycles. The predicted molar refractivity (Wildman–Crippen MR) is 52.3 cm³/mol. The molecular formula is C8H9F2N5O. The first-order valence-corrected chi connectivity index (χ1v) is 4.42. The Hall–Kier alpha value is -1.96. The van der Waals surface area contributed by atoms with Gasteiger partial charge in [-0.25, -0.2) is 19.6 Å². The Morgan fingerprint density at radius 1 is 1.56 bits per heavy atom. The van der Waals surface area contributed by atoms with Crippen LogP contribution >= 0.6 is 0 Å². The summed E-state index contributed by atoms with van der Waals surface area (Å²) in [5.41, 5.74) is 2.67. The van der Waals surface area contributed by atoms with Crippen LogP contribution in [0.25, 0.3) is 5.65 Å². The zero-order valence-corrected chi connectivity index (χ0v) is 8.10. The van der Waals surface area contributed by atoms with Crippen molar-refractivity contribution < 1.29 is 13.5 Å². The van der Waals surface area contributed by atoms with E-state index in [2.05, 4.69) is 15.4 Å². The average molecular weight is 229 g/mol. The lowest BCUT2D eigenvalue weighted by Gasteiger charge is -2.07. The first-order valence-electron chi connectivity index (χ1n) is 4.42. The molecule has 0 bridgehead atoms. The van der Waals surface area contributed by atoms with Gasteiger partial charge in [-0.3, -0.25) is 4.40 Å². The zero-order chi connectivity index (χ0) is 11.5. The number of nitrogens with zero attached hydrogens (tertiary/aromatic N) is 3. The van der Waals surface area contributed by atoms with Gasteiger partial charge in [0.15, 0.2) is 12.4 Å². The van der Waals surface area contributed by atoms with Crippen molar-refractivity contribution in [1.29, 1.82) is 0 Å². The SMILES string of the molecule is NNc1cn2ccnc2c(OCC(F)F)n1. The van der Waals surface area contributed by atoms with E-state index in [0.29, 0.717) is 11.5 Å². The lowest BCUT2D eigenvalue weighted by atomic mass is 10.6. The van der Waals surface area contributed by atoms with E-state index >= 15 is 0 Å². The molecule has 16 heavy (non-hydrogen) atoms. The van der Waals surface area contributed by atoms with Gasteiger partial charge in [0.25, 0.3) is 12.3 Å². The second-order valence-corrected chi connectivity index (χ2v) is 2.94. The summed E-state index contributed by atoms with van der Waals surface area (Å²) in [5.74, 6) is 5.50. The summed E-state index contributed by atoms with van der Waals surface area (Å²) in [6, 6.07) is 0. The number of hydrogen-bond acceptors (Lipinski definition) is 5. The van der Waals surface area contributed by atoms with Crippen molar-refractivity contribution in [3.63, 3.8) is 0 Å². The van der Waals surface area contributed by atoms with Gasteiger partial charge in [-0.2, -0.15) is 4.98 Å².